The SMILES string of the molecule is CC[C@H](N)c1ccc(N(CC)CC2CCCO2)cc1. The molecule has 0 aliphatic carbocycles. The van der Waals surface area contributed by atoms with E-state index in [0.29, 0.717) is 6.10 Å². The fourth-order valence-corrected chi connectivity index (χ4v) is 2.62. The molecule has 1 saturated heterocycles. The van der Waals surface area contributed by atoms with E-state index in [-0.39, 0.29) is 6.04 Å². The molecule has 1 aliphatic heterocycles. The summed E-state index contributed by atoms with van der Waals surface area (Å²) in [6.45, 7) is 7.25. The first kappa shape index (κ1) is 14.4. The highest BCUT2D eigenvalue weighted by Gasteiger charge is 2.18. The predicted molar refractivity (Wildman–Crippen MR) is 80.5 cm³/mol. The van der Waals surface area contributed by atoms with Gasteiger partial charge in [0.25, 0.3) is 0 Å². The van der Waals surface area contributed by atoms with Crippen molar-refractivity contribution in [2.75, 3.05) is 24.6 Å². The second-order valence-electron chi connectivity index (χ2n) is 5.28. The lowest BCUT2D eigenvalue weighted by Gasteiger charge is -2.26. The minimum Gasteiger partial charge on any atom is -0.376 e. The summed E-state index contributed by atoms with van der Waals surface area (Å²) in [6, 6.07) is 8.83. The van der Waals surface area contributed by atoms with Crippen LogP contribution in [0.1, 0.15) is 44.7 Å². The molecule has 1 unspecified atom stereocenters. The Kier molecular flexibility index (Phi) is 5.23. The Labute approximate surface area is 116 Å². The molecule has 1 heterocycles. The molecule has 0 aromatic heterocycles. The van der Waals surface area contributed by atoms with E-state index in [1.807, 2.05) is 0 Å². The van der Waals surface area contributed by atoms with Crippen molar-refractivity contribution in [1.29, 1.82) is 0 Å². The van der Waals surface area contributed by atoms with Crippen molar-refractivity contribution in [2.45, 2.75) is 45.3 Å². The van der Waals surface area contributed by atoms with Gasteiger partial charge in [-0.25, -0.2) is 0 Å². The Bertz CT molecular complexity index is 371. The van der Waals surface area contributed by atoms with Crippen LogP contribution in [0.3, 0.4) is 0 Å². The highest BCUT2D eigenvalue weighted by atomic mass is 16.5. The van der Waals surface area contributed by atoms with Crippen molar-refractivity contribution >= 4 is 5.69 Å². The molecule has 19 heavy (non-hydrogen) atoms. The molecule has 0 amide bonds. The number of nitrogens with zero attached hydrogens (tertiary/aromatic N) is 1. The molecule has 1 fully saturated rings. The maximum absolute atomic E-state index is 6.05. The minimum absolute atomic E-state index is 0.155. The van der Waals surface area contributed by atoms with Crippen LogP contribution in [0.5, 0.6) is 0 Å². The van der Waals surface area contributed by atoms with Crippen LogP contribution in [0.15, 0.2) is 24.3 Å². The van der Waals surface area contributed by atoms with Crippen LogP contribution >= 0.6 is 0 Å². The Hall–Kier alpha value is -1.06. The summed E-state index contributed by atoms with van der Waals surface area (Å²) in [4.78, 5) is 2.39. The van der Waals surface area contributed by atoms with E-state index in [9.17, 15) is 0 Å². The maximum atomic E-state index is 6.05. The third-order valence-electron chi connectivity index (χ3n) is 3.96. The molecular formula is C16H26N2O. The average Bonchev–Trinajstić information content (AvgIpc) is 2.97. The lowest BCUT2D eigenvalue weighted by Crippen LogP contribution is -2.32. The van der Waals surface area contributed by atoms with Gasteiger partial charge in [-0.1, -0.05) is 19.1 Å². The number of rotatable bonds is 6. The van der Waals surface area contributed by atoms with E-state index in [1.165, 1.54) is 24.1 Å². The van der Waals surface area contributed by atoms with Gasteiger partial charge in [0.15, 0.2) is 0 Å². The van der Waals surface area contributed by atoms with E-state index in [4.69, 9.17) is 10.5 Å². The van der Waals surface area contributed by atoms with Gasteiger partial charge in [0.1, 0.15) is 0 Å². The lowest BCUT2D eigenvalue weighted by molar-refractivity contribution is 0.115. The molecule has 1 aromatic carbocycles. The zero-order chi connectivity index (χ0) is 13.7. The summed E-state index contributed by atoms with van der Waals surface area (Å²) in [7, 11) is 0. The van der Waals surface area contributed by atoms with E-state index in [2.05, 4.69) is 43.0 Å². The summed E-state index contributed by atoms with van der Waals surface area (Å²) in [5.41, 5.74) is 8.54. The number of anilines is 1. The Morgan fingerprint density at radius 1 is 1.32 bits per heavy atom. The summed E-state index contributed by atoms with van der Waals surface area (Å²) in [6.07, 6.45) is 3.77. The molecule has 2 rings (SSSR count). The number of nitrogens with two attached hydrogens (primary N) is 1. The van der Waals surface area contributed by atoms with Crippen molar-refractivity contribution < 1.29 is 4.74 Å². The van der Waals surface area contributed by atoms with Crippen LogP contribution in [-0.4, -0.2) is 25.8 Å². The van der Waals surface area contributed by atoms with Crippen LogP contribution < -0.4 is 10.6 Å². The molecule has 0 saturated carbocycles. The van der Waals surface area contributed by atoms with E-state index < -0.39 is 0 Å². The normalized spacial score (nSPS) is 20.5. The summed E-state index contributed by atoms with van der Waals surface area (Å²) in [5, 5.41) is 0. The number of benzene rings is 1. The Balaban J connectivity index is 2.01. The highest BCUT2D eigenvalue weighted by molar-refractivity contribution is 5.48. The molecular weight excluding hydrogens is 236 g/mol. The quantitative estimate of drug-likeness (QED) is 0.856. The summed E-state index contributed by atoms with van der Waals surface area (Å²) < 4.78 is 5.72. The molecule has 2 atom stereocenters. The van der Waals surface area contributed by atoms with Crippen LogP contribution in [0, 0.1) is 0 Å². The molecule has 0 radical (unpaired) electrons. The van der Waals surface area contributed by atoms with E-state index >= 15 is 0 Å². The molecule has 1 aliphatic rings. The second-order valence-corrected chi connectivity index (χ2v) is 5.28. The van der Waals surface area contributed by atoms with Gasteiger partial charge in [0.2, 0.25) is 0 Å². The van der Waals surface area contributed by atoms with Crippen molar-refractivity contribution in [3.8, 4) is 0 Å². The zero-order valence-electron chi connectivity index (χ0n) is 12.1. The summed E-state index contributed by atoms with van der Waals surface area (Å²) in [5.74, 6) is 0. The van der Waals surface area contributed by atoms with Gasteiger partial charge in [-0.3, -0.25) is 0 Å². The van der Waals surface area contributed by atoms with Gasteiger partial charge in [-0.2, -0.15) is 0 Å². The predicted octanol–water partition coefficient (Wildman–Crippen LogP) is 3.10. The molecule has 2 N–H and O–H groups in total. The molecule has 1 aromatic rings. The van der Waals surface area contributed by atoms with Gasteiger partial charge in [-0.05, 0) is 43.9 Å². The van der Waals surface area contributed by atoms with Crippen LogP contribution in [-0.2, 0) is 4.74 Å². The van der Waals surface area contributed by atoms with E-state index in [1.54, 1.807) is 0 Å². The van der Waals surface area contributed by atoms with Gasteiger partial charge < -0.3 is 15.4 Å². The van der Waals surface area contributed by atoms with Crippen molar-refractivity contribution in [3.63, 3.8) is 0 Å². The largest absolute Gasteiger partial charge is 0.376 e. The van der Waals surface area contributed by atoms with Gasteiger partial charge in [0, 0.05) is 31.4 Å². The molecule has 3 nitrogen and oxygen atoms in total. The third kappa shape index (κ3) is 3.71. The fraction of sp³-hybridized carbons (Fsp3) is 0.625. The number of hydrogen-bond acceptors (Lipinski definition) is 3. The first-order chi connectivity index (χ1) is 9.24. The Morgan fingerprint density at radius 3 is 2.58 bits per heavy atom. The highest BCUT2D eigenvalue weighted by Crippen LogP contribution is 2.22. The lowest BCUT2D eigenvalue weighted by atomic mass is 10.0. The topological polar surface area (TPSA) is 38.5 Å². The maximum Gasteiger partial charge on any atom is 0.0750 e. The number of likely N-dealkylation sites (N-methyl/N-ethyl adjacent to an activating group) is 1. The van der Waals surface area contributed by atoms with Crippen molar-refractivity contribution in [1.82, 2.24) is 0 Å². The molecule has 3 heteroatoms. The van der Waals surface area contributed by atoms with E-state index in [0.717, 1.165) is 26.1 Å². The molecule has 0 spiro atoms. The van der Waals surface area contributed by atoms with Crippen LogP contribution in [0.25, 0.3) is 0 Å². The molecule has 106 valence electrons. The second kappa shape index (κ2) is 6.92. The van der Waals surface area contributed by atoms with Gasteiger partial charge in [-0.15, -0.1) is 0 Å². The van der Waals surface area contributed by atoms with Crippen LogP contribution in [0.2, 0.25) is 0 Å². The third-order valence-corrected chi connectivity index (χ3v) is 3.96. The first-order valence-corrected chi connectivity index (χ1v) is 7.46. The smallest absolute Gasteiger partial charge is 0.0750 e. The number of ether oxygens (including phenoxy) is 1. The van der Waals surface area contributed by atoms with Crippen molar-refractivity contribution in [2.24, 2.45) is 5.73 Å². The zero-order valence-corrected chi connectivity index (χ0v) is 12.1. The standard InChI is InChI=1S/C16H26N2O/c1-3-16(17)13-7-9-14(10-8-13)18(4-2)12-15-6-5-11-19-15/h7-10,15-16H,3-6,11-12,17H2,1-2H3/t15?,16-/m0/s1. The fourth-order valence-electron chi connectivity index (χ4n) is 2.62. The monoisotopic (exact) mass is 262 g/mol. The molecule has 0 bridgehead atoms. The van der Waals surface area contributed by atoms with Crippen LogP contribution in [0.4, 0.5) is 5.69 Å². The minimum atomic E-state index is 0.155. The number of hydrogen-bond donors (Lipinski definition) is 1. The van der Waals surface area contributed by atoms with Gasteiger partial charge in [0.05, 0.1) is 6.10 Å². The van der Waals surface area contributed by atoms with Crippen molar-refractivity contribution in [3.05, 3.63) is 29.8 Å². The average molecular weight is 262 g/mol. The summed E-state index contributed by atoms with van der Waals surface area (Å²) >= 11 is 0. The first-order valence-electron chi connectivity index (χ1n) is 7.46. The van der Waals surface area contributed by atoms with Gasteiger partial charge >= 0.3 is 0 Å². The Morgan fingerprint density at radius 2 is 2.05 bits per heavy atom.